The molecule has 0 spiro atoms. The average molecular weight is 337 g/mol. The Balaban J connectivity index is 2.16. The van der Waals surface area contributed by atoms with Gasteiger partial charge in [0.05, 0.1) is 0 Å². The van der Waals surface area contributed by atoms with Crippen LogP contribution in [-0.4, -0.2) is 15.8 Å². The second-order valence-electron chi connectivity index (χ2n) is 6.03. The van der Waals surface area contributed by atoms with E-state index in [0.29, 0.717) is 0 Å². The first kappa shape index (κ1) is 16.0. The van der Waals surface area contributed by atoms with Crippen LogP contribution in [0.4, 0.5) is 0 Å². The Bertz CT molecular complexity index is 895. The molecule has 0 aliphatic heterocycles. The number of aromatic nitrogens is 2. The van der Waals surface area contributed by atoms with Gasteiger partial charge in [-0.2, -0.15) is 0 Å². The average Bonchev–Trinajstić information content (AvgIpc) is 3.20. The summed E-state index contributed by atoms with van der Waals surface area (Å²) < 4.78 is 1.90. The van der Waals surface area contributed by atoms with Crippen LogP contribution in [-0.2, 0) is 10.3 Å². The van der Waals surface area contributed by atoms with Crippen molar-refractivity contribution >= 4 is 6.29 Å². The van der Waals surface area contributed by atoms with E-state index in [0.717, 1.165) is 16.7 Å². The molecule has 0 unspecified atom stereocenters. The van der Waals surface area contributed by atoms with Crippen molar-refractivity contribution in [1.29, 1.82) is 0 Å². The number of imidazole rings is 1. The zero-order valence-corrected chi connectivity index (χ0v) is 14.1. The monoisotopic (exact) mass is 337 g/mol. The number of nitrogens with zero attached hydrogens (tertiary/aromatic N) is 2. The van der Waals surface area contributed by atoms with Crippen LogP contribution < -0.4 is 0 Å². The largest absolute Gasteiger partial charge is 0.310 e. The van der Waals surface area contributed by atoms with E-state index >= 15 is 0 Å². The molecule has 0 saturated carbocycles. The van der Waals surface area contributed by atoms with Crippen molar-refractivity contribution in [3.63, 3.8) is 0 Å². The van der Waals surface area contributed by atoms with Gasteiger partial charge in [-0.1, -0.05) is 91.0 Å². The van der Waals surface area contributed by atoms with E-state index in [1.54, 1.807) is 6.20 Å². The minimum Gasteiger partial charge on any atom is -0.310 e. The van der Waals surface area contributed by atoms with Crippen LogP contribution in [0.25, 0.3) is 0 Å². The second kappa shape index (κ2) is 6.81. The van der Waals surface area contributed by atoms with Gasteiger partial charge in [-0.15, -0.1) is 0 Å². The van der Waals surface area contributed by atoms with Crippen molar-refractivity contribution in [2.45, 2.75) is 5.54 Å². The summed E-state index contributed by atoms with van der Waals surface area (Å²) in [7, 11) is 0. The summed E-state index contributed by atoms with van der Waals surface area (Å²) in [4.78, 5) is 15.8. The van der Waals surface area contributed by atoms with E-state index < -0.39 is 5.54 Å². The van der Waals surface area contributed by atoms with Crippen molar-refractivity contribution in [2.75, 3.05) is 0 Å². The van der Waals surface area contributed by atoms with E-state index in [4.69, 9.17) is 0 Å². The summed E-state index contributed by atoms with van der Waals surface area (Å²) in [5.74, 6) is 0.265. The van der Waals surface area contributed by atoms with Crippen LogP contribution in [0.5, 0.6) is 0 Å². The topological polar surface area (TPSA) is 34.9 Å². The molecule has 1 aromatic heterocycles. The van der Waals surface area contributed by atoms with Gasteiger partial charge in [0.1, 0.15) is 5.54 Å². The summed E-state index contributed by atoms with van der Waals surface area (Å²) in [6.45, 7) is 0. The Kier molecular flexibility index (Phi) is 4.20. The Labute approximate surface area is 152 Å². The molecule has 0 N–H and O–H groups in total. The molecule has 4 rings (SSSR count). The molecule has 26 heavy (non-hydrogen) atoms. The van der Waals surface area contributed by atoms with Gasteiger partial charge in [-0.3, -0.25) is 4.79 Å². The molecule has 0 fully saturated rings. The van der Waals surface area contributed by atoms with Gasteiger partial charge in [-0.05, 0) is 16.7 Å². The van der Waals surface area contributed by atoms with Gasteiger partial charge in [0.15, 0.2) is 5.82 Å². The first-order valence-electron chi connectivity index (χ1n) is 8.46. The van der Waals surface area contributed by atoms with Gasteiger partial charge >= 0.3 is 0 Å². The third kappa shape index (κ3) is 2.45. The molecule has 0 amide bonds. The van der Waals surface area contributed by atoms with Crippen LogP contribution in [0, 0.1) is 0 Å². The molecule has 3 heteroatoms. The summed E-state index contributed by atoms with van der Waals surface area (Å²) in [6.07, 6.45) is 5.48. The third-order valence-electron chi connectivity index (χ3n) is 4.67. The second-order valence-corrected chi connectivity index (χ2v) is 6.03. The molecule has 0 aliphatic rings. The Hall–Kier alpha value is -3.46. The van der Waals surface area contributed by atoms with E-state index in [1.807, 2.05) is 71.6 Å². The minimum atomic E-state index is -0.715. The molecule has 0 bridgehead atoms. The molecule has 0 aliphatic carbocycles. The molecular weight excluding hydrogens is 320 g/mol. The first-order valence-corrected chi connectivity index (χ1v) is 8.46. The summed E-state index contributed by atoms with van der Waals surface area (Å²) in [5.41, 5.74) is 2.43. The lowest BCUT2D eigenvalue weighted by Gasteiger charge is -2.37. The summed E-state index contributed by atoms with van der Waals surface area (Å²) in [5, 5.41) is 0. The molecule has 3 nitrogen and oxygen atoms in total. The minimum absolute atomic E-state index is 0.265. The molecule has 1 heterocycles. The highest BCUT2D eigenvalue weighted by Crippen LogP contribution is 2.41. The smallest absolute Gasteiger partial charge is 0.272 e. The van der Waals surface area contributed by atoms with Crippen LogP contribution in [0.15, 0.2) is 103 Å². The van der Waals surface area contributed by atoms with Gasteiger partial charge < -0.3 is 4.57 Å². The molecule has 1 radical (unpaired) electrons. The zero-order chi connectivity index (χ0) is 17.8. The lowest BCUT2D eigenvalue weighted by atomic mass is 9.76. The van der Waals surface area contributed by atoms with Crippen LogP contribution in [0.1, 0.15) is 22.5 Å². The molecular formula is C23H17N2O. The van der Waals surface area contributed by atoms with E-state index in [9.17, 15) is 4.79 Å². The molecule has 0 saturated heterocycles. The molecule has 3 aromatic carbocycles. The highest BCUT2D eigenvalue weighted by atomic mass is 16.1. The van der Waals surface area contributed by atoms with Crippen LogP contribution in [0.2, 0.25) is 0 Å². The zero-order valence-electron chi connectivity index (χ0n) is 14.1. The van der Waals surface area contributed by atoms with Crippen LogP contribution in [0.3, 0.4) is 0 Å². The Morgan fingerprint density at radius 3 is 1.50 bits per heavy atom. The first-order chi connectivity index (χ1) is 12.9. The van der Waals surface area contributed by atoms with E-state index in [-0.39, 0.29) is 5.82 Å². The summed E-state index contributed by atoms with van der Waals surface area (Å²) in [6, 6.07) is 30.5. The number of hydrogen-bond acceptors (Lipinski definition) is 2. The maximum atomic E-state index is 11.6. The third-order valence-corrected chi connectivity index (χ3v) is 4.67. The van der Waals surface area contributed by atoms with E-state index in [1.165, 1.54) is 0 Å². The number of hydrogen-bond donors (Lipinski definition) is 0. The van der Waals surface area contributed by atoms with Crippen molar-refractivity contribution in [1.82, 2.24) is 9.55 Å². The molecule has 4 aromatic rings. The molecule has 125 valence electrons. The lowest BCUT2D eigenvalue weighted by Crippen LogP contribution is -2.38. The fourth-order valence-electron chi connectivity index (χ4n) is 3.60. The SMILES string of the molecule is O=[C]c1nccn1C(c1ccccc1)(c1ccccc1)c1ccccc1. The van der Waals surface area contributed by atoms with Gasteiger partial charge in [0, 0.05) is 12.4 Å². The predicted octanol–water partition coefficient (Wildman–Crippen LogP) is 4.18. The standard InChI is InChI=1S/C23H17N2O/c26-18-22-24-16-17-25(22)23(19-10-4-1-5-11-19,20-12-6-2-7-13-20)21-14-8-3-9-15-21/h1-17H. The number of benzene rings is 3. The van der Waals surface area contributed by atoms with Crippen molar-refractivity contribution in [3.05, 3.63) is 126 Å². The maximum absolute atomic E-state index is 11.6. The highest BCUT2D eigenvalue weighted by molar-refractivity contribution is 5.71. The van der Waals surface area contributed by atoms with E-state index in [2.05, 4.69) is 41.4 Å². The van der Waals surface area contributed by atoms with Crippen molar-refractivity contribution in [2.24, 2.45) is 0 Å². The van der Waals surface area contributed by atoms with Gasteiger partial charge in [-0.25, -0.2) is 4.98 Å². The quantitative estimate of drug-likeness (QED) is 0.512. The number of carbonyl (C=O) groups excluding carboxylic acids is 1. The van der Waals surface area contributed by atoms with Crippen molar-refractivity contribution in [3.8, 4) is 0 Å². The Morgan fingerprint density at radius 1 is 0.692 bits per heavy atom. The normalized spacial score (nSPS) is 11.2. The Morgan fingerprint density at radius 2 is 1.12 bits per heavy atom. The fourth-order valence-corrected chi connectivity index (χ4v) is 3.60. The highest BCUT2D eigenvalue weighted by Gasteiger charge is 2.39. The summed E-state index contributed by atoms with van der Waals surface area (Å²) >= 11 is 0. The lowest BCUT2D eigenvalue weighted by molar-refractivity contribution is 0.500. The van der Waals surface area contributed by atoms with Crippen molar-refractivity contribution < 1.29 is 4.79 Å². The fraction of sp³-hybridized carbons (Fsp3) is 0.0435. The predicted molar refractivity (Wildman–Crippen MR) is 102 cm³/mol. The maximum Gasteiger partial charge on any atom is 0.272 e. The molecule has 0 atom stereocenters. The van der Waals surface area contributed by atoms with Gasteiger partial charge in [0.2, 0.25) is 0 Å². The number of rotatable bonds is 5. The van der Waals surface area contributed by atoms with Gasteiger partial charge in [0.25, 0.3) is 6.29 Å². The van der Waals surface area contributed by atoms with Crippen LogP contribution >= 0.6 is 0 Å².